The van der Waals surface area contributed by atoms with Gasteiger partial charge in [0.15, 0.2) is 16.1 Å². The normalized spacial score (nSPS) is 12.0. The molecule has 176 valence electrons. The summed E-state index contributed by atoms with van der Waals surface area (Å²) in [6.07, 6.45) is 0. The van der Waals surface area contributed by atoms with Gasteiger partial charge in [0.1, 0.15) is 0 Å². The van der Waals surface area contributed by atoms with Crippen LogP contribution in [0.4, 0.5) is 5.13 Å². The lowest BCUT2D eigenvalue weighted by Crippen LogP contribution is -2.22. The molecule has 35 heavy (non-hydrogen) atoms. The summed E-state index contributed by atoms with van der Waals surface area (Å²) in [5.41, 5.74) is 2.48. The molecule has 0 unspecified atom stereocenters. The second kappa shape index (κ2) is 10.5. The van der Waals surface area contributed by atoms with Gasteiger partial charge in [0.2, 0.25) is 5.91 Å². The van der Waals surface area contributed by atoms with E-state index in [1.165, 1.54) is 23.1 Å². The maximum absolute atomic E-state index is 13.0. The van der Waals surface area contributed by atoms with Gasteiger partial charge in [0.05, 0.1) is 25.9 Å². The molecule has 0 radical (unpaired) electrons. The molecule has 1 amide bonds. The van der Waals surface area contributed by atoms with Gasteiger partial charge in [-0.05, 0) is 42.6 Å². The Morgan fingerprint density at radius 2 is 1.86 bits per heavy atom. The third-order valence-electron chi connectivity index (χ3n) is 4.99. The third-order valence-corrected chi connectivity index (χ3v) is 8.40. The van der Waals surface area contributed by atoms with Crippen molar-refractivity contribution < 1.29 is 4.79 Å². The first kappa shape index (κ1) is 24.0. The molecule has 5 aromatic rings. The number of nitrogens with one attached hydrogen (secondary N) is 1. The van der Waals surface area contributed by atoms with Crippen LogP contribution in [0, 0.1) is 0 Å². The first-order valence-electron chi connectivity index (χ1n) is 10.4. The number of amides is 1. The zero-order valence-corrected chi connectivity index (χ0v) is 22.1. The molecule has 2 aromatic carbocycles. The molecule has 0 aliphatic carbocycles. The summed E-state index contributed by atoms with van der Waals surface area (Å²) in [7, 11) is 0. The molecule has 0 aliphatic heterocycles. The molecule has 5 rings (SSSR count). The smallest absolute Gasteiger partial charge is 0.239 e. The minimum absolute atomic E-state index is 0.176. The average molecular weight is 559 g/mol. The number of thiophene rings is 1. The highest BCUT2D eigenvalue weighted by atomic mass is 35.5. The van der Waals surface area contributed by atoms with Gasteiger partial charge in [0.25, 0.3) is 0 Å². The fourth-order valence-corrected chi connectivity index (χ4v) is 5.85. The number of benzene rings is 2. The SMILES string of the molecule is C[C@@H](Sc1nnc(-c2cccs2)n1-c1ccccc1)C(=O)Nc1nc(-c2ccc(Cl)c(Cl)c2)cs1. The Morgan fingerprint density at radius 3 is 2.60 bits per heavy atom. The van der Waals surface area contributed by atoms with Crippen LogP contribution in [0.1, 0.15) is 6.92 Å². The zero-order valence-electron chi connectivity index (χ0n) is 18.2. The van der Waals surface area contributed by atoms with Crippen molar-refractivity contribution in [3.63, 3.8) is 0 Å². The Hall–Kier alpha value is -2.69. The number of aromatic nitrogens is 4. The van der Waals surface area contributed by atoms with Crippen molar-refractivity contribution in [3.8, 4) is 27.6 Å². The second-order valence-corrected chi connectivity index (χ2v) is 11.3. The number of rotatable bonds is 7. The number of thiazole rings is 1. The Bertz CT molecular complexity index is 1470. The van der Waals surface area contributed by atoms with Gasteiger partial charge in [-0.15, -0.1) is 32.9 Å². The number of thioether (sulfide) groups is 1. The summed E-state index contributed by atoms with van der Waals surface area (Å²) in [5, 5.41) is 17.2. The highest BCUT2D eigenvalue weighted by Crippen LogP contribution is 2.33. The summed E-state index contributed by atoms with van der Waals surface area (Å²) in [5.74, 6) is 0.567. The largest absolute Gasteiger partial charge is 0.301 e. The van der Waals surface area contributed by atoms with E-state index in [-0.39, 0.29) is 5.91 Å². The summed E-state index contributed by atoms with van der Waals surface area (Å²) < 4.78 is 1.98. The van der Waals surface area contributed by atoms with Gasteiger partial charge in [-0.1, -0.05) is 65.3 Å². The maximum Gasteiger partial charge on any atom is 0.239 e. The number of carbonyl (C=O) groups is 1. The Kier molecular flexibility index (Phi) is 7.22. The number of para-hydroxylation sites is 1. The van der Waals surface area contributed by atoms with Crippen LogP contribution in [-0.4, -0.2) is 30.9 Å². The van der Waals surface area contributed by atoms with E-state index >= 15 is 0 Å². The number of hydrogen-bond acceptors (Lipinski definition) is 7. The Balaban J connectivity index is 1.34. The van der Waals surface area contributed by atoms with Gasteiger partial charge >= 0.3 is 0 Å². The summed E-state index contributed by atoms with van der Waals surface area (Å²) in [6.45, 7) is 1.84. The van der Waals surface area contributed by atoms with E-state index in [9.17, 15) is 4.79 Å². The van der Waals surface area contributed by atoms with Crippen molar-refractivity contribution in [2.45, 2.75) is 17.3 Å². The molecule has 3 heterocycles. The van der Waals surface area contributed by atoms with E-state index in [2.05, 4.69) is 20.5 Å². The highest BCUT2D eigenvalue weighted by Gasteiger charge is 2.23. The molecular weight excluding hydrogens is 541 g/mol. The fourth-order valence-electron chi connectivity index (χ4n) is 3.26. The molecule has 0 aliphatic rings. The molecule has 6 nitrogen and oxygen atoms in total. The third kappa shape index (κ3) is 5.29. The topological polar surface area (TPSA) is 72.7 Å². The molecule has 0 saturated heterocycles. The van der Waals surface area contributed by atoms with E-state index in [1.807, 2.05) is 70.8 Å². The minimum Gasteiger partial charge on any atom is -0.301 e. The van der Waals surface area contributed by atoms with E-state index in [0.717, 1.165) is 22.0 Å². The van der Waals surface area contributed by atoms with Crippen molar-refractivity contribution in [1.29, 1.82) is 0 Å². The highest BCUT2D eigenvalue weighted by molar-refractivity contribution is 8.00. The molecule has 1 atom stereocenters. The fraction of sp³-hybridized carbons (Fsp3) is 0.0833. The van der Waals surface area contributed by atoms with Crippen molar-refractivity contribution in [2.75, 3.05) is 5.32 Å². The van der Waals surface area contributed by atoms with Crippen molar-refractivity contribution in [2.24, 2.45) is 0 Å². The predicted molar refractivity (Wildman–Crippen MR) is 146 cm³/mol. The lowest BCUT2D eigenvalue weighted by molar-refractivity contribution is -0.115. The number of carbonyl (C=O) groups excluding carboxylic acids is 1. The second-order valence-electron chi connectivity index (χ2n) is 7.37. The van der Waals surface area contributed by atoms with E-state index < -0.39 is 5.25 Å². The minimum atomic E-state index is -0.435. The van der Waals surface area contributed by atoms with Crippen LogP contribution in [0.5, 0.6) is 0 Å². The molecule has 1 N–H and O–H groups in total. The molecule has 0 spiro atoms. The molecule has 0 bridgehead atoms. The molecular formula is C24H17Cl2N5OS3. The van der Waals surface area contributed by atoms with Gasteiger partial charge in [-0.25, -0.2) is 4.98 Å². The molecule has 11 heteroatoms. The average Bonchev–Trinajstić information content (AvgIpc) is 3.62. The maximum atomic E-state index is 13.0. The first-order valence-corrected chi connectivity index (χ1v) is 13.8. The number of halogens is 2. The molecule has 0 saturated carbocycles. The van der Waals surface area contributed by atoms with Gasteiger partial charge in [-0.3, -0.25) is 9.36 Å². The summed E-state index contributed by atoms with van der Waals surface area (Å²) in [6, 6.07) is 19.2. The van der Waals surface area contributed by atoms with E-state index in [4.69, 9.17) is 23.2 Å². The van der Waals surface area contributed by atoms with Crippen LogP contribution in [0.15, 0.2) is 76.6 Å². The van der Waals surface area contributed by atoms with Crippen LogP contribution in [0.3, 0.4) is 0 Å². The van der Waals surface area contributed by atoms with Crippen molar-refractivity contribution in [3.05, 3.63) is 81.5 Å². The lowest BCUT2D eigenvalue weighted by Gasteiger charge is -2.12. The Morgan fingerprint density at radius 1 is 1.03 bits per heavy atom. The quantitative estimate of drug-likeness (QED) is 0.209. The first-order chi connectivity index (χ1) is 17.0. The van der Waals surface area contributed by atoms with Crippen LogP contribution in [0.25, 0.3) is 27.6 Å². The number of hydrogen-bond donors (Lipinski definition) is 1. The number of anilines is 1. The Labute approximate surface area is 224 Å². The predicted octanol–water partition coefficient (Wildman–Crippen LogP) is 7.55. The van der Waals surface area contributed by atoms with Crippen molar-refractivity contribution in [1.82, 2.24) is 19.7 Å². The lowest BCUT2D eigenvalue weighted by atomic mass is 10.2. The monoisotopic (exact) mass is 557 g/mol. The van der Waals surface area contributed by atoms with Gasteiger partial charge in [-0.2, -0.15) is 0 Å². The van der Waals surface area contributed by atoms with Crippen LogP contribution < -0.4 is 5.32 Å². The number of nitrogens with zero attached hydrogens (tertiary/aromatic N) is 4. The van der Waals surface area contributed by atoms with Gasteiger partial charge < -0.3 is 5.32 Å². The van der Waals surface area contributed by atoms with Crippen LogP contribution in [0.2, 0.25) is 10.0 Å². The molecule has 0 fully saturated rings. The summed E-state index contributed by atoms with van der Waals surface area (Å²) >= 11 is 16.4. The van der Waals surface area contributed by atoms with E-state index in [1.54, 1.807) is 23.5 Å². The van der Waals surface area contributed by atoms with Gasteiger partial charge in [0, 0.05) is 16.6 Å². The van der Waals surface area contributed by atoms with Crippen LogP contribution in [-0.2, 0) is 4.79 Å². The summed E-state index contributed by atoms with van der Waals surface area (Å²) in [4.78, 5) is 18.5. The molecule has 3 aromatic heterocycles. The standard InChI is InChI=1S/C24H17Cl2N5OS3/c1-14(22(32)28-23-27-19(13-34-23)15-9-10-17(25)18(26)12-15)35-24-30-29-21(20-8-5-11-33-20)31(24)16-6-3-2-4-7-16/h2-14H,1H3,(H,27,28,32)/t14-/m1/s1. The van der Waals surface area contributed by atoms with E-state index in [0.29, 0.717) is 26.0 Å². The van der Waals surface area contributed by atoms with Crippen LogP contribution >= 0.6 is 57.6 Å². The van der Waals surface area contributed by atoms with Crippen molar-refractivity contribution >= 4 is 68.7 Å². The zero-order chi connectivity index (χ0) is 24.4.